The quantitative estimate of drug-likeness (QED) is 0.638. The fourth-order valence-electron chi connectivity index (χ4n) is 2.18. The summed E-state index contributed by atoms with van der Waals surface area (Å²) in [7, 11) is 0. The predicted molar refractivity (Wildman–Crippen MR) is 65.5 cm³/mol. The van der Waals surface area contributed by atoms with Gasteiger partial charge in [0.2, 0.25) is 0 Å². The molecule has 0 amide bonds. The van der Waals surface area contributed by atoms with Gasteiger partial charge in [0.15, 0.2) is 0 Å². The summed E-state index contributed by atoms with van der Waals surface area (Å²) >= 11 is 0. The molecule has 1 aromatic rings. The Morgan fingerprint density at radius 2 is 1.89 bits per heavy atom. The zero-order chi connectivity index (χ0) is 13.3. The number of carbonyl (C=O) groups is 1. The number of carboxylic acids is 1. The first-order valence-corrected chi connectivity index (χ1v) is 6.00. The highest BCUT2D eigenvalue weighted by Gasteiger charge is 2.37. The molecule has 5 heteroatoms. The zero-order valence-electron chi connectivity index (χ0n) is 10.1. The van der Waals surface area contributed by atoms with Crippen LogP contribution in [-0.4, -0.2) is 27.3 Å². The summed E-state index contributed by atoms with van der Waals surface area (Å²) in [6.07, 6.45) is 1.81. The van der Waals surface area contributed by atoms with Crippen LogP contribution in [0.4, 0.5) is 0 Å². The van der Waals surface area contributed by atoms with Crippen molar-refractivity contribution < 1.29 is 20.1 Å². The van der Waals surface area contributed by atoms with Gasteiger partial charge >= 0.3 is 5.97 Å². The standard InChI is InChI=1S/C13H17NO4/c1-7(11-9(15)3-2-4-10(11)16)14-12(13(17)18)8-5-6-8/h2-4,7-8,12,14-16H,5-6H2,1H3,(H,17,18). The van der Waals surface area contributed by atoms with Gasteiger partial charge in [0.05, 0.1) is 5.56 Å². The molecule has 2 rings (SSSR count). The molecule has 1 saturated carbocycles. The van der Waals surface area contributed by atoms with Gasteiger partial charge in [-0.2, -0.15) is 0 Å². The molecule has 0 aliphatic heterocycles. The van der Waals surface area contributed by atoms with Crippen LogP contribution in [0.15, 0.2) is 18.2 Å². The molecule has 5 nitrogen and oxygen atoms in total. The number of hydrogen-bond acceptors (Lipinski definition) is 4. The van der Waals surface area contributed by atoms with Crippen LogP contribution in [0.3, 0.4) is 0 Å². The molecule has 2 unspecified atom stereocenters. The van der Waals surface area contributed by atoms with Crippen LogP contribution in [0, 0.1) is 5.92 Å². The molecule has 0 saturated heterocycles. The lowest BCUT2D eigenvalue weighted by molar-refractivity contribution is -0.140. The summed E-state index contributed by atoms with van der Waals surface area (Å²) in [5.74, 6) is -0.804. The number of nitrogens with one attached hydrogen (secondary N) is 1. The van der Waals surface area contributed by atoms with Gasteiger partial charge in [-0.05, 0) is 37.8 Å². The molecular weight excluding hydrogens is 234 g/mol. The number of hydrogen-bond donors (Lipinski definition) is 4. The second-order valence-electron chi connectivity index (χ2n) is 4.75. The fraction of sp³-hybridized carbons (Fsp3) is 0.462. The van der Waals surface area contributed by atoms with Crippen molar-refractivity contribution >= 4 is 5.97 Å². The Balaban J connectivity index is 2.15. The molecule has 0 radical (unpaired) electrons. The Morgan fingerprint density at radius 3 is 2.33 bits per heavy atom. The number of phenols is 2. The first-order chi connectivity index (χ1) is 8.50. The molecule has 0 aromatic heterocycles. The smallest absolute Gasteiger partial charge is 0.320 e. The van der Waals surface area contributed by atoms with E-state index in [0.29, 0.717) is 5.56 Å². The van der Waals surface area contributed by atoms with Crippen molar-refractivity contribution in [1.82, 2.24) is 5.32 Å². The SMILES string of the molecule is CC(NC(C(=O)O)C1CC1)c1c(O)cccc1O. The van der Waals surface area contributed by atoms with Gasteiger partial charge in [-0.15, -0.1) is 0 Å². The molecular formula is C13H17NO4. The lowest BCUT2D eigenvalue weighted by atomic mass is 10.0. The highest BCUT2D eigenvalue weighted by molar-refractivity contribution is 5.74. The van der Waals surface area contributed by atoms with Gasteiger partial charge in [0, 0.05) is 6.04 Å². The van der Waals surface area contributed by atoms with Crippen LogP contribution < -0.4 is 5.32 Å². The fourth-order valence-corrected chi connectivity index (χ4v) is 2.18. The topological polar surface area (TPSA) is 89.8 Å². The van der Waals surface area contributed by atoms with Crippen molar-refractivity contribution in [2.75, 3.05) is 0 Å². The number of phenolic OH excluding ortho intramolecular Hbond substituents is 2. The Labute approximate surface area is 105 Å². The van der Waals surface area contributed by atoms with Crippen molar-refractivity contribution in [3.63, 3.8) is 0 Å². The third-order valence-electron chi connectivity index (χ3n) is 3.28. The average molecular weight is 251 g/mol. The summed E-state index contributed by atoms with van der Waals surface area (Å²) < 4.78 is 0. The first-order valence-electron chi connectivity index (χ1n) is 6.00. The summed E-state index contributed by atoms with van der Waals surface area (Å²) in [5.41, 5.74) is 0.337. The average Bonchev–Trinajstić information content (AvgIpc) is 3.09. The van der Waals surface area contributed by atoms with Gasteiger partial charge in [-0.25, -0.2) is 0 Å². The van der Waals surface area contributed by atoms with E-state index in [1.165, 1.54) is 18.2 Å². The highest BCUT2D eigenvalue weighted by Crippen LogP contribution is 2.36. The third-order valence-corrected chi connectivity index (χ3v) is 3.28. The van der Waals surface area contributed by atoms with E-state index in [0.717, 1.165) is 12.8 Å². The number of aromatic hydroxyl groups is 2. The maximum Gasteiger partial charge on any atom is 0.320 e. The van der Waals surface area contributed by atoms with Crippen LogP contribution in [-0.2, 0) is 4.79 Å². The second kappa shape index (κ2) is 4.86. The lowest BCUT2D eigenvalue weighted by Crippen LogP contribution is -2.40. The van der Waals surface area contributed by atoms with E-state index in [1.807, 2.05) is 0 Å². The van der Waals surface area contributed by atoms with Crippen LogP contribution in [0.25, 0.3) is 0 Å². The van der Waals surface area contributed by atoms with E-state index < -0.39 is 18.1 Å². The minimum absolute atomic E-state index is 0.0325. The number of rotatable bonds is 5. The molecule has 98 valence electrons. The molecule has 2 atom stereocenters. The molecule has 0 spiro atoms. The molecule has 1 aliphatic rings. The van der Waals surface area contributed by atoms with Gasteiger partial charge in [0.25, 0.3) is 0 Å². The van der Waals surface area contributed by atoms with E-state index in [4.69, 9.17) is 5.11 Å². The van der Waals surface area contributed by atoms with E-state index in [-0.39, 0.29) is 17.4 Å². The van der Waals surface area contributed by atoms with Gasteiger partial charge < -0.3 is 15.3 Å². The Kier molecular flexibility index (Phi) is 3.43. The van der Waals surface area contributed by atoms with Gasteiger partial charge in [-0.1, -0.05) is 6.07 Å². The van der Waals surface area contributed by atoms with Crippen LogP contribution in [0.2, 0.25) is 0 Å². The predicted octanol–water partition coefficient (Wildman–Crippen LogP) is 1.61. The van der Waals surface area contributed by atoms with E-state index in [2.05, 4.69) is 5.32 Å². The molecule has 0 heterocycles. The van der Waals surface area contributed by atoms with E-state index >= 15 is 0 Å². The lowest BCUT2D eigenvalue weighted by Gasteiger charge is -2.21. The van der Waals surface area contributed by atoms with E-state index in [1.54, 1.807) is 6.92 Å². The van der Waals surface area contributed by atoms with Gasteiger partial charge in [-0.3, -0.25) is 10.1 Å². The summed E-state index contributed by atoms with van der Waals surface area (Å²) in [6, 6.07) is 3.43. The molecule has 1 fully saturated rings. The van der Waals surface area contributed by atoms with Crippen molar-refractivity contribution in [2.24, 2.45) is 5.92 Å². The third kappa shape index (κ3) is 2.56. The molecule has 1 aromatic carbocycles. The largest absolute Gasteiger partial charge is 0.507 e. The molecule has 18 heavy (non-hydrogen) atoms. The number of carboxylic acid groups (broad SMARTS) is 1. The summed E-state index contributed by atoms with van der Waals surface area (Å²) in [6.45, 7) is 1.73. The molecule has 0 bridgehead atoms. The second-order valence-corrected chi connectivity index (χ2v) is 4.75. The zero-order valence-corrected chi connectivity index (χ0v) is 10.1. The van der Waals surface area contributed by atoms with Crippen LogP contribution in [0.5, 0.6) is 11.5 Å². The molecule has 4 N–H and O–H groups in total. The minimum Gasteiger partial charge on any atom is -0.507 e. The van der Waals surface area contributed by atoms with Crippen LogP contribution >= 0.6 is 0 Å². The normalized spacial score (nSPS) is 18.3. The van der Waals surface area contributed by atoms with Gasteiger partial charge in [0.1, 0.15) is 17.5 Å². The van der Waals surface area contributed by atoms with E-state index in [9.17, 15) is 15.0 Å². The minimum atomic E-state index is -0.890. The Hall–Kier alpha value is -1.75. The number of aliphatic carboxylic acids is 1. The van der Waals surface area contributed by atoms with Crippen molar-refractivity contribution in [2.45, 2.75) is 31.8 Å². The maximum absolute atomic E-state index is 11.1. The maximum atomic E-state index is 11.1. The monoisotopic (exact) mass is 251 g/mol. The van der Waals surface area contributed by atoms with Crippen molar-refractivity contribution in [1.29, 1.82) is 0 Å². The molecule has 1 aliphatic carbocycles. The first kappa shape index (κ1) is 12.7. The highest BCUT2D eigenvalue weighted by atomic mass is 16.4. The Morgan fingerprint density at radius 1 is 1.33 bits per heavy atom. The van der Waals surface area contributed by atoms with Crippen molar-refractivity contribution in [3.8, 4) is 11.5 Å². The number of benzene rings is 1. The summed E-state index contributed by atoms with van der Waals surface area (Å²) in [5, 5.41) is 31.5. The summed E-state index contributed by atoms with van der Waals surface area (Å²) in [4.78, 5) is 11.1. The van der Waals surface area contributed by atoms with Crippen LogP contribution in [0.1, 0.15) is 31.4 Å². The Bertz CT molecular complexity index is 436. The van der Waals surface area contributed by atoms with Crippen molar-refractivity contribution in [3.05, 3.63) is 23.8 Å².